The number of nitrogens with two attached hydrogens (primary N) is 1. The van der Waals surface area contributed by atoms with Gasteiger partial charge in [0.2, 0.25) is 0 Å². The molecular formula is C17H18FN5O2S2. The van der Waals surface area contributed by atoms with E-state index in [2.05, 4.69) is 20.3 Å². The van der Waals surface area contributed by atoms with Crippen LogP contribution in [0.25, 0.3) is 0 Å². The van der Waals surface area contributed by atoms with Gasteiger partial charge in [-0.1, -0.05) is 23.5 Å². The number of carbonyl (C=O) groups is 1. The van der Waals surface area contributed by atoms with Crippen LogP contribution in [0.3, 0.4) is 0 Å². The minimum atomic E-state index is -0.802. The number of amides is 1. The molecule has 1 unspecified atom stereocenters. The SMILES string of the molecule is CSc1ncc(O)c(C(=O)Nc2ccc(F)c(C3(C)CCSC(N)=N3)c2)n1. The highest BCUT2D eigenvalue weighted by atomic mass is 32.2. The largest absolute Gasteiger partial charge is 0.504 e. The molecular weight excluding hydrogens is 389 g/mol. The zero-order valence-electron chi connectivity index (χ0n) is 14.7. The van der Waals surface area contributed by atoms with Crippen LogP contribution in [0.1, 0.15) is 29.4 Å². The number of carbonyl (C=O) groups excluding carboxylic acids is 1. The number of nitrogens with zero attached hydrogens (tertiary/aromatic N) is 3. The van der Waals surface area contributed by atoms with Crippen LogP contribution >= 0.6 is 23.5 Å². The number of hydrogen-bond donors (Lipinski definition) is 3. The lowest BCUT2D eigenvalue weighted by Gasteiger charge is -2.30. The van der Waals surface area contributed by atoms with Crippen LogP contribution in [-0.2, 0) is 5.54 Å². The third-order valence-electron chi connectivity index (χ3n) is 4.15. The quantitative estimate of drug-likeness (QED) is 0.527. The fourth-order valence-corrected chi connectivity index (χ4v) is 4.03. The first-order valence-corrected chi connectivity index (χ1v) is 10.2. The average Bonchev–Trinajstić information content (AvgIpc) is 2.63. The predicted octanol–water partition coefficient (Wildman–Crippen LogP) is 2.96. The number of aromatic nitrogens is 2. The minimum Gasteiger partial charge on any atom is -0.504 e. The fraction of sp³-hybridized carbons (Fsp3) is 0.294. The summed E-state index contributed by atoms with van der Waals surface area (Å²) in [6, 6.07) is 4.25. The van der Waals surface area contributed by atoms with Gasteiger partial charge in [-0.25, -0.2) is 14.4 Å². The summed E-state index contributed by atoms with van der Waals surface area (Å²) in [5.41, 5.74) is 5.58. The normalized spacial score (nSPS) is 19.4. The van der Waals surface area contributed by atoms with Crippen LogP contribution in [0.4, 0.5) is 10.1 Å². The van der Waals surface area contributed by atoms with Crippen molar-refractivity contribution in [3.05, 3.63) is 41.5 Å². The Balaban J connectivity index is 1.91. The molecule has 0 bridgehead atoms. The molecule has 1 aliphatic rings. The van der Waals surface area contributed by atoms with E-state index in [-0.39, 0.29) is 11.4 Å². The molecule has 1 atom stereocenters. The maximum Gasteiger partial charge on any atom is 0.278 e. The highest BCUT2D eigenvalue weighted by Crippen LogP contribution is 2.37. The standard InChI is InChI=1S/C17H18FN5O2S2/c1-17(5-6-27-15(19)23-17)10-7-9(3-4-11(10)18)21-14(25)13-12(24)8-20-16(22-13)26-2/h3-4,7-8,24H,5-6H2,1-2H3,(H2,19,23)(H,21,25). The molecule has 3 rings (SSSR count). The lowest BCUT2D eigenvalue weighted by Crippen LogP contribution is -2.29. The molecule has 27 heavy (non-hydrogen) atoms. The van der Waals surface area contributed by atoms with Gasteiger partial charge in [-0.2, -0.15) is 0 Å². The van der Waals surface area contributed by atoms with E-state index in [1.54, 1.807) is 6.26 Å². The Labute approximate surface area is 164 Å². The van der Waals surface area contributed by atoms with Crippen molar-refractivity contribution in [2.45, 2.75) is 24.0 Å². The molecule has 2 heterocycles. The summed E-state index contributed by atoms with van der Waals surface area (Å²) >= 11 is 2.68. The number of halogens is 1. The van der Waals surface area contributed by atoms with Gasteiger partial charge in [-0.05, 0) is 37.8 Å². The number of nitrogens with one attached hydrogen (secondary N) is 1. The molecule has 1 aromatic carbocycles. The van der Waals surface area contributed by atoms with Crippen molar-refractivity contribution in [2.24, 2.45) is 10.7 Å². The Morgan fingerprint density at radius 3 is 2.96 bits per heavy atom. The molecule has 142 valence electrons. The van der Waals surface area contributed by atoms with E-state index in [0.717, 1.165) is 5.75 Å². The van der Waals surface area contributed by atoms with E-state index in [1.807, 2.05) is 6.92 Å². The zero-order valence-corrected chi connectivity index (χ0v) is 16.3. The van der Waals surface area contributed by atoms with E-state index in [9.17, 15) is 14.3 Å². The number of thioether (sulfide) groups is 2. The summed E-state index contributed by atoms with van der Waals surface area (Å²) in [4.78, 5) is 24.8. The monoisotopic (exact) mass is 407 g/mol. The number of amidine groups is 1. The highest BCUT2D eigenvalue weighted by Gasteiger charge is 2.32. The van der Waals surface area contributed by atoms with E-state index in [0.29, 0.717) is 28.0 Å². The zero-order chi connectivity index (χ0) is 19.6. The van der Waals surface area contributed by atoms with Gasteiger partial charge in [-0.15, -0.1) is 0 Å². The van der Waals surface area contributed by atoms with Crippen LogP contribution in [0.2, 0.25) is 0 Å². The third-order valence-corrected chi connectivity index (χ3v) is 5.50. The third kappa shape index (κ3) is 4.16. The van der Waals surface area contributed by atoms with Crippen molar-refractivity contribution < 1.29 is 14.3 Å². The number of aliphatic imine (C=N–C) groups is 1. The molecule has 1 amide bonds. The van der Waals surface area contributed by atoms with Gasteiger partial charge < -0.3 is 16.2 Å². The Kier molecular flexibility index (Phi) is 5.56. The van der Waals surface area contributed by atoms with Crippen LogP contribution in [0.15, 0.2) is 34.5 Å². The van der Waals surface area contributed by atoms with Crippen molar-refractivity contribution in [1.29, 1.82) is 0 Å². The Morgan fingerprint density at radius 1 is 1.48 bits per heavy atom. The number of rotatable bonds is 4. The first-order chi connectivity index (χ1) is 12.8. The predicted molar refractivity (Wildman–Crippen MR) is 106 cm³/mol. The van der Waals surface area contributed by atoms with Gasteiger partial charge >= 0.3 is 0 Å². The van der Waals surface area contributed by atoms with E-state index in [4.69, 9.17) is 5.73 Å². The Hall–Kier alpha value is -2.33. The maximum atomic E-state index is 14.5. The molecule has 4 N–H and O–H groups in total. The van der Waals surface area contributed by atoms with E-state index >= 15 is 0 Å². The van der Waals surface area contributed by atoms with Gasteiger partial charge in [0.1, 0.15) is 5.82 Å². The van der Waals surface area contributed by atoms with Gasteiger partial charge in [0, 0.05) is 17.0 Å². The minimum absolute atomic E-state index is 0.150. The maximum absolute atomic E-state index is 14.5. The first-order valence-electron chi connectivity index (χ1n) is 8.02. The molecule has 10 heteroatoms. The molecule has 0 saturated heterocycles. The van der Waals surface area contributed by atoms with Gasteiger partial charge in [0.05, 0.1) is 11.7 Å². The van der Waals surface area contributed by atoms with Crippen LogP contribution in [0.5, 0.6) is 5.75 Å². The van der Waals surface area contributed by atoms with Crippen molar-refractivity contribution >= 4 is 40.3 Å². The second kappa shape index (κ2) is 7.73. The van der Waals surface area contributed by atoms with Crippen molar-refractivity contribution in [2.75, 3.05) is 17.3 Å². The molecule has 0 aliphatic carbocycles. The van der Waals surface area contributed by atoms with Crippen LogP contribution in [0, 0.1) is 5.82 Å². The lowest BCUT2D eigenvalue weighted by molar-refractivity contribution is 0.101. The van der Waals surface area contributed by atoms with E-state index < -0.39 is 17.3 Å². The molecule has 0 radical (unpaired) electrons. The fourth-order valence-electron chi connectivity index (χ4n) is 2.71. The van der Waals surface area contributed by atoms with E-state index in [1.165, 1.54) is 47.9 Å². The van der Waals surface area contributed by atoms with Crippen molar-refractivity contribution in [1.82, 2.24) is 9.97 Å². The number of aromatic hydroxyl groups is 1. The summed E-state index contributed by atoms with van der Waals surface area (Å²) in [7, 11) is 0. The Morgan fingerprint density at radius 2 is 2.26 bits per heavy atom. The average molecular weight is 407 g/mol. The summed E-state index contributed by atoms with van der Waals surface area (Å²) < 4.78 is 14.5. The Bertz CT molecular complexity index is 924. The number of anilines is 1. The molecule has 0 saturated carbocycles. The second-order valence-corrected chi connectivity index (χ2v) is 7.95. The van der Waals surface area contributed by atoms with Crippen LogP contribution < -0.4 is 11.1 Å². The molecule has 1 aromatic heterocycles. The summed E-state index contributed by atoms with van der Waals surface area (Å²) in [6.07, 6.45) is 3.55. The molecule has 1 aliphatic heterocycles. The highest BCUT2D eigenvalue weighted by molar-refractivity contribution is 8.13. The summed E-state index contributed by atoms with van der Waals surface area (Å²) in [5, 5.41) is 13.3. The summed E-state index contributed by atoms with van der Waals surface area (Å²) in [5.74, 6) is -0.640. The van der Waals surface area contributed by atoms with Gasteiger partial charge in [0.25, 0.3) is 5.91 Å². The topological polar surface area (TPSA) is 113 Å². The smallest absolute Gasteiger partial charge is 0.278 e. The molecule has 7 nitrogen and oxygen atoms in total. The van der Waals surface area contributed by atoms with Crippen LogP contribution in [-0.4, -0.2) is 38.2 Å². The number of hydrogen-bond acceptors (Lipinski definition) is 8. The van der Waals surface area contributed by atoms with Crippen molar-refractivity contribution in [3.63, 3.8) is 0 Å². The second-order valence-electron chi connectivity index (χ2n) is 6.06. The first kappa shape index (κ1) is 19.4. The number of benzene rings is 1. The van der Waals surface area contributed by atoms with Gasteiger partial charge in [0.15, 0.2) is 21.8 Å². The molecule has 0 fully saturated rings. The molecule has 0 spiro atoms. The lowest BCUT2D eigenvalue weighted by atomic mass is 9.89. The summed E-state index contributed by atoms with van der Waals surface area (Å²) in [6.45, 7) is 1.81. The van der Waals surface area contributed by atoms with Crippen molar-refractivity contribution in [3.8, 4) is 5.75 Å². The van der Waals surface area contributed by atoms with Gasteiger partial charge in [-0.3, -0.25) is 9.79 Å². The molecule has 2 aromatic rings.